The number of nitrogens with zero attached hydrogens (tertiary/aromatic N) is 4. The van der Waals surface area contributed by atoms with Crippen LogP contribution in [0.2, 0.25) is 0 Å². The molecule has 6 nitrogen and oxygen atoms in total. The number of hydrogen-bond donors (Lipinski definition) is 1. The largest absolute Gasteiger partial charge is 0.416 e. The average molecular weight is 399 g/mol. The topological polar surface area (TPSA) is 74.0 Å². The van der Waals surface area contributed by atoms with Crippen molar-refractivity contribution in [2.75, 3.05) is 12.4 Å². The van der Waals surface area contributed by atoms with Crippen LogP contribution >= 0.6 is 0 Å². The number of urea groups is 1. The summed E-state index contributed by atoms with van der Waals surface area (Å²) in [7, 11) is 1.52. The summed E-state index contributed by atoms with van der Waals surface area (Å²) in [5.74, 6) is 0. The van der Waals surface area contributed by atoms with Gasteiger partial charge in [0.1, 0.15) is 0 Å². The van der Waals surface area contributed by atoms with Gasteiger partial charge in [-0.15, -0.1) is 0 Å². The maximum absolute atomic E-state index is 13.1. The van der Waals surface area contributed by atoms with Crippen LogP contribution in [0.15, 0.2) is 60.9 Å². The maximum Gasteiger partial charge on any atom is 0.416 e. The van der Waals surface area contributed by atoms with Gasteiger partial charge in [-0.3, -0.25) is 0 Å². The van der Waals surface area contributed by atoms with Crippen LogP contribution in [-0.2, 0) is 12.7 Å². The highest BCUT2D eigenvalue weighted by Gasteiger charge is 2.31. The molecule has 1 N–H and O–H groups in total. The van der Waals surface area contributed by atoms with Crippen molar-refractivity contribution in [3.05, 3.63) is 77.6 Å². The Morgan fingerprint density at radius 3 is 2.55 bits per heavy atom. The molecule has 0 radical (unpaired) electrons. The second-order valence-corrected chi connectivity index (χ2v) is 6.28. The lowest BCUT2D eigenvalue weighted by atomic mass is 10.1. The first-order valence-electron chi connectivity index (χ1n) is 8.50. The zero-order chi connectivity index (χ0) is 21.0. The van der Waals surface area contributed by atoms with E-state index in [1.807, 2.05) is 6.07 Å². The molecule has 2 aromatic carbocycles. The van der Waals surface area contributed by atoms with E-state index in [9.17, 15) is 18.0 Å². The first-order valence-corrected chi connectivity index (χ1v) is 8.50. The number of rotatable bonds is 4. The molecule has 1 heterocycles. The van der Waals surface area contributed by atoms with Crippen molar-refractivity contribution in [3.63, 3.8) is 0 Å². The van der Waals surface area contributed by atoms with E-state index in [0.29, 0.717) is 11.3 Å². The normalized spacial score (nSPS) is 11.0. The van der Waals surface area contributed by atoms with E-state index in [1.165, 1.54) is 28.9 Å². The molecule has 0 bridgehead atoms. The summed E-state index contributed by atoms with van der Waals surface area (Å²) in [5.41, 5.74) is 0.688. The number of aromatic nitrogens is 2. The molecular weight excluding hydrogens is 383 g/mol. The van der Waals surface area contributed by atoms with E-state index in [2.05, 4.69) is 10.4 Å². The fourth-order valence-electron chi connectivity index (χ4n) is 2.66. The van der Waals surface area contributed by atoms with Gasteiger partial charge in [-0.05, 0) is 42.0 Å². The molecule has 0 unspecified atom stereocenters. The molecule has 0 atom stereocenters. The molecule has 0 fully saturated rings. The highest BCUT2D eigenvalue weighted by atomic mass is 19.4. The molecule has 0 aliphatic rings. The molecule has 148 valence electrons. The molecule has 0 spiro atoms. The van der Waals surface area contributed by atoms with Gasteiger partial charge in [0.05, 0.1) is 28.6 Å². The summed E-state index contributed by atoms with van der Waals surface area (Å²) in [6, 6.07) is 12.8. The smallest absolute Gasteiger partial charge is 0.323 e. The van der Waals surface area contributed by atoms with Gasteiger partial charge in [0.25, 0.3) is 0 Å². The summed E-state index contributed by atoms with van der Waals surface area (Å²) >= 11 is 0. The number of hydrogen-bond acceptors (Lipinski definition) is 3. The van der Waals surface area contributed by atoms with Crippen molar-refractivity contribution in [1.82, 2.24) is 14.7 Å². The van der Waals surface area contributed by atoms with Crippen LogP contribution in [0.3, 0.4) is 0 Å². The summed E-state index contributed by atoms with van der Waals surface area (Å²) in [6.45, 7) is 0.216. The molecule has 0 aliphatic heterocycles. The molecule has 2 amide bonds. The fraction of sp³-hybridized carbons (Fsp3) is 0.150. The highest BCUT2D eigenvalue weighted by Crippen LogP contribution is 2.33. The molecule has 1 aromatic heterocycles. The molecule has 9 heteroatoms. The van der Waals surface area contributed by atoms with Gasteiger partial charge >= 0.3 is 12.2 Å². The molecule has 0 aliphatic carbocycles. The third kappa shape index (κ3) is 4.73. The van der Waals surface area contributed by atoms with E-state index >= 15 is 0 Å². The van der Waals surface area contributed by atoms with Gasteiger partial charge in [-0.25, -0.2) is 9.48 Å². The predicted octanol–water partition coefficient (Wildman–Crippen LogP) is 4.43. The number of amides is 2. The Kier molecular flexibility index (Phi) is 5.54. The lowest BCUT2D eigenvalue weighted by Gasteiger charge is -2.20. The molecule has 3 rings (SSSR count). The number of alkyl halides is 3. The maximum atomic E-state index is 13.1. The standard InChI is InChI=1S/C20H16F3N5O/c1-27(13-15-5-3-14(12-24)4-6-15)19(29)26-17-11-16(20(21,22)23)7-8-18(17)28-10-2-9-25-28/h2-11H,13H2,1H3,(H,26,29). The Morgan fingerprint density at radius 1 is 1.24 bits per heavy atom. The van der Waals surface area contributed by atoms with Gasteiger partial charge in [0.15, 0.2) is 0 Å². The van der Waals surface area contributed by atoms with E-state index in [1.54, 1.807) is 36.5 Å². The first kappa shape index (κ1) is 19.9. The van der Waals surface area contributed by atoms with Gasteiger partial charge in [0, 0.05) is 26.0 Å². The highest BCUT2D eigenvalue weighted by molar-refractivity contribution is 5.91. The molecule has 0 saturated heterocycles. The minimum atomic E-state index is -4.55. The second kappa shape index (κ2) is 8.06. The minimum absolute atomic E-state index is 0.0137. The van der Waals surface area contributed by atoms with Gasteiger partial charge in [0.2, 0.25) is 0 Å². The summed E-state index contributed by atoms with van der Waals surface area (Å²) in [6.07, 6.45) is -1.49. The van der Waals surface area contributed by atoms with Crippen LogP contribution < -0.4 is 5.32 Å². The fourth-order valence-corrected chi connectivity index (χ4v) is 2.66. The van der Waals surface area contributed by atoms with E-state index in [0.717, 1.165) is 17.7 Å². The summed E-state index contributed by atoms with van der Waals surface area (Å²) in [4.78, 5) is 13.9. The lowest BCUT2D eigenvalue weighted by molar-refractivity contribution is -0.137. The van der Waals surface area contributed by atoms with Gasteiger partial charge in [-0.2, -0.15) is 23.5 Å². The quantitative estimate of drug-likeness (QED) is 0.706. The van der Waals surface area contributed by atoms with Crippen molar-refractivity contribution in [3.8, 4) is 11.8 Å². The Morgan fingerprint density at radius 2 is 1.97 bits per heavy atom. The van der Waals surface area contributed by atoms with Crippen molar-refractivity contribution >= 4 is 11.7 Å². The Balaban J connectivity index is 1.83. The zero-order valence-electron chi connectivity index (χ0n) is 15.3. The van der Waals surface area contributed by atoms with E-state index in [-0.39, 0.29) is 12.2 Å². The molecule has 3 aromatic rings. The van der Waals surface area contributed by atoms with E-state index < -0.39 is 17.8 Å². The Hall–Kier alpha value is -3.80. The number of benzene rings is 2. The summed E-state index contributed by atoms with van der Waals surface area (Å²) in [5, 5.41) is 15.4. The van der Waals surface area contributed by atoms with E-state index in [4.69, 9.17) is 5.26 Å². The molecular formula is C20H16F3N5O. The monoisotopic (exact) mass is 399 g/mol. The van der Waals surface area contributed by atoms with Crippen molar-refractivity contribution in [1.29, 1.82) is 5.26 Å². The zero-order valence-corrected chi connectivity index (χ0v) is 15.3. The lowest BCUT2D eigenvalue weighted by Crippen LogP contribution is -2.31. The van der Waals surface area contributed by atoms with Crippen LogP contribution in [-0.4, -0.2) is 27.8 Å². The Bertz CT molecular complexity index is 1040. The van der Waals surface area contributed by atoms with Crippen LogP contribution in [0.1, 0.15) is 16.7 Å². The number of nitrogens with one attached hydrogen (secondary N) is 1. The number of anilines is 1. The summed E-state index contributed by atoms with van der Waals surface area (Å²) < 4.78 is 40.7. The van der Waals surface area contributed by atoms with Crippen molar-refractivity contribution in [2.24, 2.45) is 0 Å². The first-order chi connectivity index (χ1) is 13.8. The van der Waals surface area contributed by atoms with Crippen molar-refractivity contribution < 1.29 is 18.0 Å². The van der Waals surface area contributed by atoms with Crippen molar-refractivity contribution in [2.45, 2.75) is 12.7 Å². The molecule has 0 saturated carbocycles. The third-order valence-corrected chi connectivity index (χ3v) is 4.17. The van der Waals surface area contributed by atoms with Crippen LogP contribution in [0.25, 0.3) is 5.69 Å². The van der Waals surface area contributed by atoms with Crippen LogP contribution in [0.5, 0.6) is 0 Å². The average Bonchev–Trinajstić information content (AvgIpc) is 3.22. The minimum Gasteiger partial charge on any atom is -0.323 e. The van der Waals surface area contributed by atoms with Crippen LogP contribution in [0.4, 0.5) is 23.7 Å². The second-order valence-electron chi connectivity index (χ2n) is 6.28. The number of nitriles is 1. The number of carbonyl (C=O) groups excluding carboxylic acids is 1. The van der Waals surface area contributed by atoms with Crippen LogP contribution in [0, 0.1) is 11.3 Å². The molecule has 29 heavy (non-hydrogen) atoms. The van der Waals surface area contributed by atoms with Gasteiger partial charge < -0.3 is 10.2 Å². The SMILES string of the molecule is CN(Cc1ccc(C#N)cc1)C(=O)Nc1cc(C(F)(F)F)ccc1-n1cccn1. The Labute approximate surface area is 164 Å². The third-order valence-electron chi connectivity index (χ3n) is 4.17. The predicted molar refractivity (Wildman–Crippen MR) is 100 cm³/mol. The number of halogens is 3. The number of carbonyl (C=O) groups is 1. The van der Waals surface area contributed by atoms with Gasteiger partial charge in [-0.1, -0.05) is 12.1 Å².